The van der Waals surface area contributed by atoms with Gasteiger partial charge in [0.25, 0.3) is 11.7 Å². The van der Waals surface area contributed by atoms with Crippen LogP contribution in [0.4, 0.5) is 14.5 Å². The van der Waals surface area contributed by atoms with Crippen molar-refractivity contribution >= 4 is 17.4 Å². The summed E-state index contributed by atoms with van der Waals surface area (Å²) in [6, 6.07) is 11.6. The van der Waals surface area contributed by atoms with Crippen molar-refractivity contribution in [2.75, 3.05) is 5.32 Å². The van der Waals surface area contributed by atoms with E-state index in [-0.39, 0.29) is 23.0 Å². The Bertz CT molecular complexity index is 1510. The van der Waals surface area contributed by atoms with Gasteiger partial charge in [0.1, 0.15) is 5.82 Å². The number of fused-ring (bicyclic) bond motifs is 1. The topological polar surface area (TPSA) is 98.2 Å². The maximum atomic E-state index is 15.3. The third-order valence-corrected chi connectivity index (χ3v) is 4.97. The van der Waals surface area contributed by atoms with E-state index < -0.39 is 23.1 Å². The van der Waals surface area contributed by atoms with Gasteiger partial charge in [0, 0.05) is 24.9 Å². The number of halogens is 2. The van der Waals surface area contributed by atoms with E-state index in [0.29, 0.717) is 11.6 Å². The van der Waals surface area contributed by atoms with E-state index in [4.69, 9.17) is 4.42 Å². The lowest BCUT2D eigenvalue weighted by atomic mass is 10.1. The zero-order valence-electron chi connectivity index (χ0n) is 17.5. The Balaban J connectivity index is 1.52. The molecule has 0 saturated carbocycles. The van der Waals surface area contributed by atoms with Gasteiger partial charge in [-0.1, -0.05) is 30.3 Å². The first kappa shape index (κ1) is 20.4. The number of oxazole rings is 1. The summed E-state index contributed by atoms with van der Waals surface area (Å²) in [5, 5.41) is 6.60. The number of benzene rings is 2. The van der Waals surface area contributed by atoms with E-state index >= 15 is 4.39 Å². The zero-order chi connectivity index (χ0) is 23.1. The molecule has 0 aliphatic carbocycles. The van der Waals surface area contributed by atoms with Gasteiger partial charge < -0.3 is 9.73 Å². The minimum Gasteiger partial charge on any atom is -0.436 e. The van der Waals surface area contributed by atoms with Crippen molar-refractivity contribution in [3.8, 4) is 22.5 Å². The van der Waals surface area contributed by atoms with Gasteiger partial charge in [-0.05, 0) is 24.6 Å². The molecule has 0 radical (unpaired) electrons. The predicted octanol–water partition coefficient (Wildman–Crippen LogP) is 4.59. The minimum absolute atomic E-state index is 0.0544. The molecule has 0 aliphatic heterocycles. The number of aryl methyl sites for hydroxylation is 2. The van der Waals surface area contributed by atoms with Gasteiger partial charge in [0.15, 0.2) is 17.5 Å². The fourth-order valence-electron chi connectivity index (χ4n) is 3.44. The first-order valence-electron chi connectivity index (χ1n) is 9.92. The summed E-state index contributed by atoms with van der Waals surface area (Å²) in [6.07, 6.45) is 3.28. The van der Waals surface area contributed by atoms with Gasteiger partial charge in [0.2, 0.25) is 5.76 Å². The average molecular weight is 446 g/mol. The van der Waals surface area contributed by atoms with E-state index in [9.17, 15) is 9.18 Å². The van der Waals surface area contributed by atoms with E-state index in [1.54, 1.807) is 26.2 Å². The Morgan fingerprint density at radius 2 is 1.82 bits per heavy atom. The SMILES string of the molecule is Cc1nc(C)c(C(=O)Nc2ccc(F)c(-c3nc4ncc(-c5ccccc5)cn4n3)c2F)o1. The van der Waals surface area contributed by atoms with Gasteiger partial charge in [-0.2, -0.15) is 4.98 Å². The average Bonchev–Trinajstić information content (AvgIpc) is 3.37. The number of hydrogen-bond acceptors (Lipinski definition) is 6. The number of carbonyl (C=O) groups is 1. The van der Waals surface area contributed by atoms with Crippen molar-refractivity contribution in [2.24, 2.45) is 0 Å². The number of hydrogen-bond donors (Lipinski definition) is 1. The Morgan fingerprint density at radius 1 is 1.03 bits per heavy atom. The van der Waals surface area contributed by atoms with Gasteiger partial charge >= 0.3 is 0 Å². The highest BCUT2D eigenvalue weighted by atomic mass is 19.1. The number of rotatable bonds is 4. The molecule has 3 aromatic heterocycles. The van der Waals surface area contributed by atoms with Gasteiger partial charge in [-0.25, -0.2) is 23.3 Å². The highest BCUT2D eigenvalue weighted by molar-refractivity contribution is 6.03. The monoisotopic (exact) mass is 446 g/mol. The molecule has 1 amide bonds. The lowest BCUT2D eigenvalue weighted by Crippen LogP contribution is -2.14. The second-order valence-corrected chi connectivity index (χ2v) is 7.27. The number of amides is 1. The van der Waals surface area contributed by atoms with Crippen LogP contribution in [-0.2, 0) is 0 Å². The number of aromatic nitrogens is 5. The highest BCUT2D eigenvalue weighted by Gasteiger charge is 2.23. The molecule has 2 aromatic carbocycles. The summed E-state index contributed by atoms with van der Waals surface area (Å²) in [5.74, 6) is -2.39. The molecule has 8 nitrogen and oxygen atoms in total. The van der Waals surface area contributed by atoms with E-state index in [1.807, 2.05) is 30.3 Å². The summed E-state index contributed by atoms with van der Waals surface area (Å²) in [6.45, 7) is 3.18. The molecule has 164 valence electrons. The summed E-state index contributed by atoms with van der Waals surface area (Å²) < 4.78 is 36.5. The molecule has 3 heterocycles. The van der Waals surface area contributed by atoms with Gasteiger partial charge in [-0.3, -0.25) is 4.79 Å². The van der Waals surface area contributed by atoms with Crippen LogP contribution in [0.3, 0.4) is 0 Å². The van der Waals surface area contributed by atoms with E-state index in [0.717, 1.165) is 23.3 Å². The molecule has 0 spiro atoms. The summed E-state index contributed by atoms with van der Waals surface area (Å²) >= 11 is 0. The van der Waals surface area contributed by atoms with Crippen molar-refractivity contribution in [1.82, 2.24) is 24.6 Å². The number of nitrogens with one attached hydrogen (secondary N) is 1. The van der Waals surface area contributed by atoms with Gasteiger partial charge in [0.05, 0.1) is 16.9 Å². The number of nitrogens with zero attached hydrogens (tertiary/aromatic N) is 5. The standard InChI is InChI=1S/C23H16F2N6O2/c1-12-20(33-13(2)27-12)22(32)28-17-9-8-16(24)18(19(17)25)21-29-23-26-10-15(11-31(23)30-21)14-6-4-3-5-7-14/h3-11H,1-2H3,(H,28,32). The van der Waals surface area contributed by atoms with E-state index in [2.05, 4.69) is 25.4 Å². The predicted molar refractivity (Wildman–Crippen MR) is 116 cm³/mol. The summed E-state index contributed by atoms with van der Waals surface area (Å²) in [4.78, 5) is 24.9. The van der Waals surface area contributed by atoms with Crippen molar-refractivity contribution < 1.29 is 18.0 Å². The fraction of sp³-hybridized carbons (Fsp3) is 0.0870. The number of carbonyl (C=O) groups excluding carboxylic acids is 1. The normalized spacial score (nSPS) is 11.2. The van der Waals surface area contributed by atoms with E-state index in [1.165, 1.54) is 4.52 Å². The molecular formula is C23H16F2N6O2. The van der Waals surface area contributed by atoms with Crippen LogP contribution in [0.25, 0.3) is 28.3 Å². The van der Waals surface area contributed by atoms with Crippen LogP contribution in [0.2, 0.25) is 0 Å². The van der Waals surface area contributed by atoms with Crippen molar-refractivity contribution in [1.29, 1.82) is 0 Å². The van der Waals surface area contributed by atoms with Crippen LogP contribution in [0, 0.1) is 25.5 Å². The maximum absolute atomic E-state index is 15.3. The molecule has 5 rings (SSSR count). The van der Waals surface area contributed by atoms with Crippen molar-refractivity contribution in [2.45, 2.75) is 13.8 Å². The van der Waals surface area contributed by atoms with Gasteiger partial charge in [-0.15, -0.1) is 5.10 Å². The minimum atomic E-state index is -1.02. The zero-order valence-corrected chi connectivity index (χ0v) is 17.5. The molecule has 0 atom stereocenters. The maximum Gasteiger partial charge on any atom is 0.293 e. The summed E-state index contributed by atoms with van der Waals surface area (Å²) in [7, 11) is 0. The van der Waals surface area contributed by atoms with Crippen LogP contribution < -0.4 is 5.32 Å². The molecule has 0 aliphatic rings. The Kier molecular flexibility index (Phi) is 4.89. The molecule has 33 heavy (non-hydrogen) atoms. The van der Waals surface area contributed by atoms with Crippen LogP contribution in [0.5, 0.6) is 0 Å². The Hall–Kier alpha value is -4.47. The lowest BCUT2D eigenvalue weighted by Gasteiger charge is -2.08. The number of anilines is 1. The van der Waals surface area contributed by atoms with Crippen LogP contribution in [0.15, 0.2) is 59.3 Å². The smallest absolute Gasteiger partial charge is 0.293 e. The second-order valence-electron chi connectivity index (χ2n) is 7.27. The lowest BCUT2D eigenvalue weighted by molar-refractivity contribution is 0.0994. The molecule has 0 bridgehead atoms. The first-order valence-corrected chi connectivity index (χ1v) is 9.92. The van der Waals surface area contributed by atoms with Crippen molar-refractivity contribution in [3.63, 3.8) is 0 Å². The third-order valence-electron chi connectivity index (χ3n) is 4.97. The van der Waals surface area contributed by atoms with Crippen LogP contribution in [-0.4, -0.2) is 30.5 Å². The third kappa shape index (κ3) is 3.71. The molecule has 10 heteroatoms. The Labute approximate surface area is 185 Å². The van der Waals surface area contributed by atoms with Crippen LogP contribution >= 0.6 is 0 Å². The molecular weight excluding hydrogens is 430 g/mol. The first-order chi connectivity index (χ1) is 15.9. The second kappa shape index (κ2) is 7.90. The molecule has 5 aromatic rings. The molecule has 0 saturated heterocycles. The quantitative estimate of drug-likeness (QED) is 0.434. The molecule has 1 N–H and O–H groups in total. The van der Waals surface area contributed by atoms with Crippen LogP contribution in [0.1, 0.15) is 22.1 Å². The molecule has 0 unspecified atom stereocenters. The fourth-order valence-corrected chi connectivity index (χ4v) is 3.44. The highest BCUT2D eigenvalue weighted by Crippen LogP contribution is 2.30. The Morgan fingerprint density at radius 3 is 2.55 bits per heavy atom. The van der Waals surface area contributed by atoms with Crippen molar-refractivity contribution in [3.05, 3.63) is 83.8 Å². The molecule has 0 fully saturated rings. The largest absolute Gasteiger partial charge is 0.436 e. The summed E-state index contributed by atoms with van der Waals surface area (Å²) in [5.41, 5.74) is 1.30.